The number of amides is 1. The first kappa shape index (κ1) is 9.64. The molecule has 1 saturated heterocycles. The second-order valence-electron chi connectivity index (χ2n) is 3.47. The summed E-state index contributed by atoms with van der Waals surface area (Å²) < 4.78 is 0. The molecule has 15 heavy (non-hydrogen) atoms. The highest BCUT2D eigenvalue weighted by Gasteiger charge is 2.30. The van der Waals surface area contributed by atoms with Gasteiger partial charge in [-0.05, 0) is 0 Å². The van der Waals surface area contributed by atoms with Crippen LogP contribution in [0.3, 0.4) is 0 Å². The number of nitrogens with zero attached hydrogens (tertiary/aromatic N) is 3. The van der Waals surface area contributed by atoms with E-state index in [1.54, 1.807) is 11.0 Å². The molecule has 0 bridgehead atoms. The second-order valence-corrected chi connectivity index (χ2v) is 3.47. The van der Waals surface area contributed by atoms with E-state index in [9.17, 15) is 4.79 Å². The predicted octanol–water partition coefficient (Wildman–Crippen LogP) is 0.598. The fourth-order valence-electron chi connectivity index (χ4n) is 1.65. The Bertz CT molecular complexity index is 404. The standard InChI is InChI=1S/C10H12N4O/c1-2-7-5-8(15)14(6-7)10-9(11)12-3-4-13-10/h2-4,7H,1,5-6H2,(H2,11,12). The third kappa shape index (κ3) is 1.68. The average molecular weight is 204 g/mol. The average Bonchev–Trinajstić information content (AvgIpc) is 2.60. The zero-order valence-corrected chi connectivity index (χ0v) is 8.26. The van der Waals surface area contributed by atoms with Crippen molar-refractivity contribution in [2.75, 3.05) is 17.2 Å². The fourth-order valence-corrected chi connectivity index (χ4v) is 1.65. The van der Waals surface area contributed by atoms with Crippen LogP contribution in [0.4, 0.5) is 11.6 Å². The summed E-state index contributed by atoms with van der Waals surface area (Å²) in [6.45, 7) is 4.27. The molecule has 1 unspecified atom stereocenters. The first-order chi connectivity index (χ1) is 7.22. The molecule has 1 aromatic heterocycles. The maximum Gasteiger partial charge on any atom is 0.228 e. The lowest BCUT2D eigenvalue weighted by Gasteiger charge is -2.15. The molecule has 2 rings (SSSR count). The first-order valence-electron chi connectivity index (χ1n) is 4.71. The van der Waals surface area contributed by atoms with Gasteiger partial charge < -0.3 is 5.73 Å². The van der Waals surface area contributed by atoms with Crippen molar-refractivity contribution in [3.05, 3.63) is 25.0 Å². The third-order valence-electron chi connectivity index (χ3n) is 2.45. The molecule has 1 fully saturated rings. The van der Waals surface area contributed by atoms with Crippen LogP contribution in [0.1, 0.15) is 6.42 Å². The number of nitrogens with two attached hydrogens (primary N) is 1. The number of carbonyl (C=O) groups is 1. The molecule has 1 aliphatic rings. The Morgan fingerprint density at radius 1 is 1.53 bits per heavy atom. The highest BCUT2D eigenvalue weighted by atomic mass is 16.2. The molecule has 0 radical (unpaired) electrons. The van der Waals surface area contributed by atoms with Gasteiger partial charge in [0.05, 0.1) is 0 Å². The molecule has 0 saturated carbocycles. The topological polar surface area (TPSA) is 72.1 Å². The van der Waals surface area contributed by atoms with E-state index in [-0.39, 0.29) is 17.6 Å². The van der Waals surface area contributed by atoms with Crippen LogP contribution in [0.5, 0.6) is 0 Å². The fraction of sp³-hybridized carbons (Fsp3) is 0.300. The lowest BCUT2D eigenvalue weighted by Crippen LogP contribution is -2.26. The van der Waals surface area contributed by atoms with Crippen molar-refractivity contribution in [1.82, 2.24) is 9.97 Å². The van der Waals surface area contributed by atoms with Crippen molar-refractivity contribution in [3.8, 4) is 0 Å². The highest BCUT2D eigenvalue weighted by Crippen LogP contribution is 2.26. The molecule has 1 amide bonds. The normalized spacial score (nSPS) is 20.7. The van der Waals surface area contributed by atoms with Gasteiger partial charge in [0, 0.05) is 31.3 Å². The number of anilines is 2. The number of carbonyl (C=O) groups excluding carboxylic acids is 1. The summed E-state index contributed by atoms with van der Waals surface area (Å²) >= 11 is 0. The zero-order valence-electron chi connectivity index (χ0n) is 8.26. The summed E-state index contributed by atoms with van der Waals surface area (Å²) in [7, 11) is 0. The van der Waals surface area contributed by atoms with E-state index < -0.39 is 0 Å². The van der Waals surface area contributed by atoms with E-state index in [2.05, 4.69) is 16.5 Å². The number of hydrogen-bond acceptors (Lipinski definition) is 4. The van der Waals surface area contributed by atoms with E-state index >= 15 is 0 Å². The largest absolute Gasteiger partial charge is 0.381 e. The molecular weight excluding hydrogens is 192 g/mol. The first-order valence-corrected chi connectivity index (χ1v) is 4.71. The minimum absolute atomic E-state index is 0.0205. The maximum atomic E-state index is 11.7. The third-order valence-corrected chi connectivity index (χ3v) is 2.45. The van der Waals surface area contributed by atoms with Crippen molar-refractivity contribution in [1.29, 1.82) is 0 Å². The van der Waals surface area contributed by atoms with Gasteiger partial charge in [-0.3, -0.25) is 9.69 Å². The van der Waals surface area contributed by atoms with Crippen LogP contribution < -0.4 is 10.6 Å². The van der Waals surface area contributed by atoms with Crippen molar-refractivity contribution >= 4 is 17.5 Å². The SMILES string of the molecule is C=CC1CC(=O)N(c2nccnc2N)C1. The van der Waals surface area contributed by atoms with E-state index in [1.807, 2.05) is 0 Å². The summed E-state index contributed by atoms with van der Waals surface area (Å²) in [6, 6.07) is 0. The smallest absolute Gasteiger partial charge is 0.228 e. The minimum atomic E-state index is 0.0205. The van der Waals surface area contributed by atoms with Gasteiger partial charge >= 0.3 is 0 Å². The second kappa shape index (κ2) is 3.68. The van der Waals surface area contributed by atoms with Crippen molar-refractivity contribution in [3.63, 3.8) is 0 Å². The Balaban J connectivity index is 2.29. The molecular formula is C10H12N4O. The molecule has 5 heteroatoms. The lowest BCUT2D eigenvalue weighted by molar-refractivity contribution is -0.117. The molecule has 5 nitrogen and oxygen atoms in total. The molecule has 0 aliphatic carbocycles. The van der Waals surface area contributed by atoms with Crippen molar-refractivity contribution in [2.45, 2.75) is 6.42 Å². The number of nitrogen functional groups attached to an aromatic ring is 1. The van der Waals surface area contributed by atoms with Gasteiger partial charge in [0.2, 0.25) is 5.91 Å². The number of rotatable bonds is 2. The zero-order chi connectivity index (χ0) is 10.8. The Kier molecular flexibility index (Phi) is 2.37. The summed E-state index contributed by atoms with van der Waals surface area (Å²) in [5.41, 5.74) is 5.66. The lowest BCUT2D eigenvalue weighted by atomic mass is 10.1. The van der Waals surface area contributed by atoms with Crippen molar-refractivity contribution in [2.24, 2.45) is 5.92 Å². The van der Waals surface area contributed by atoms with Crippen LogP contribution in [-0.2, 0) is 4.79 Å². The molecule has 78 valence electrons. The molecule has 1 atom stereocenters. The Hall–Kier alpha value is -1.91. The van der Waals surface area contributed by atoms with Gasteiger partial charge in [0.15, 0.2) is 11.6 Å². The molecule has 0 spiro atoms. The molecule has 0 aromatic carbocycles. The van der Waals surface area contributed by atoms with Crippen LogP contribution in [0.25, 0.3) is 0 Å². The summed E-state index contributed by atoms with van der Waals surface area (Å²) in [5, 5.41) is 0. The molecule has 2 N–H and O–H groups in total. The molecule has 1 aliphatic heterocycles. The van der Waals surface area contributed by atoms with Gasteiger partial charge in [0.1, 0.15) is 0 Å². The van der Waals surface area contributed by atoms with Gasteiger partial charge in [-0.25, -0.2) is 9.97 Å². The van der Waals surface area contributed by atoms with E-state index in [0.717, 1.165) is 0 Å². The van der Waals surface area contributed by atoms with E-state index in [1.165, 1.54) is 12.4 Å². The summed E-state index contributed by atoms with van der Waals surface area (Å²) in [4.78, 5) is 21.2. The molecule has 2 heterocycles. The monoisotopic (exact) mass is 204 g/mol. The Morgan fingerprint density at radius 2 is 2.27 bits per heavy atom. The highest BCUT2D eigenvalue weighted by molar-refractivity contribution is 5.96. The van der Waals surface area contributed by atoms with Crippen LogP contribution in [0, 0.1) is 5.92 Å². The van der Waals surface area contributed by atoms with Crippen LogP contribution in [0.15, 0.2) is 25.0 Å². The van der Waals surface area contributed by atoms with Gasteiger partial charge in [-0.2, -0.15) is 0 Å². The van der Waals surface area contributed by atoms with Gasteiger partial charge in [-0.1, -0.05) is 6.08 Å². The summed E-state index contributed by atoms with van der Waals surface area (Å²) in [6.07, 6.45) is 5.29. The van der Waals surface area contributed by atoms with Gasteiger partial charge in [0.25, 0.3) is 0 Å². The quantitative estimate of drug-likeness (QED) is 0.716. The van der Waals surface area contributed by atoms with Crippen LogP contribution in [0.2, 0.25) is 0 Å². The maximum absolute atomic E-state index is 11.7. The molecule has 1 aromatic rings. The Morgan fingerprint density at radius 3 is 2.87 bits per heavy atom. The minimum Gasteiger partial charge on any atom is -0.381 e. The number of aromatic nitrogens is 2. The van der Waals surface area contributed by atoms with Crippen molar-refractivity contribution < 1.29 is 4.79 Å². The van der Waals surface area contributed by atoms with E-state index in [4.69, 9.17) is 5.73 Å². The Labute approximate surface area is 87.6 Å². The van der Waals surface area contributed by atoms with Crippen LogP contribution in [-0.4, -0.2) is 22.4 Å². The van der Waals surface area contributed by atoms with E-state index in [0.29, 0.717) is 18.8 Å². The summed E-state index contributed by atoms with van der Waals surface area (Å²) in [5.74, 6) is 0.938. The number of hydrogen-bond donors (Lipinski definition) is 1. The van der Waals surface area contributed by atoms with Gasteiger partial charge in [-0.15, -0.1) is 6.58 Å². The van der Waals surface area contributed by atoms with Crippen LogP contribution >= 0.6 is 0 Å². The predicted molar refractivity (Wildman–Crippen MR) is 57.1 cm³/mol.